The maximum atomic E-state index is 12.4. The maximum Gasteiger partial charge on any atom is 0.411 e. The zero-order valence-corrected chi connectivity index (χ0v) is 14.8. The first-order valence-corrected chi connectivity index (χ1v) is 8.90. The molecule has 5 nitrogen and oxygen atoms in total. The standard InChI is InChI=1S/C21H23NO4/c1-2-25-20(23)19-18(14-13-16-9-5-3-6-10-16)22(19)21(24)26-15-17-11-7-4-8-12-17/h3-12,18-19H,2,13-15H2,1H3/t18-,19-,22?/m0/s1. The van der Waals surface area contributed by atoms with Gasteiger partial charge in [-0.2, -0.15) is 0 Å². The van der Waals surface area contributed by atoms with Gasteiger partial charge in [0.05, 0.1) is 12.6 Å². The SMILES string of the molecule is CCOC(=O)[C@@H]1[C@H](CCc2ccccc2)N1C(=O)OCc1ccccc1. The lowest BCUT2D eigenvalue weighted by Gasteiger charge is -2.07. The van der Waals surface area contributed by atoms with Crippen molar-refractivity contribution in [3.63, 3.8) is 0 Å². The van der Waals surface area contributed by atoms with Crippen LogP contribution in [0.15, 0.2) is 60.7 Å². The monoisotopic (exact) mass is 353 g/mol. The number of hydrogen-bond acceptors (Lipinski definition) is 4. The van der Waals surface area contributed by atoms with Crippen LogP contribution < -0.4 is 0 Å². The van der Waals surface area contributed by atoms with Crippen LogP contribution in [0.5, 0.6) is 0 Å². The minimum absolute atomic E-state index is 0.169. The number of hydrogen-bond donors (Lipinski definition) is 0. The Morgan fingerprint density at radius 1 is 0.923 bits per heavy atom. The first-order chi connectivity index (χ1) is 12.7. The number of rotatable bonds is 7. The van der Waals surface area contributed by atoms with Crippen LogP contribution in [0.4, 0.5) is 4.79 Å². The number of nitrogens with zero attached hydrogens (tertiary/aromatic N) is 1. The second-order valence-electron chi connectivity index (χ2n) is 6.24. The molecule has 1 aliphatic rings. The molecule has 1 saturated heterocycles. The molecule has 1 heterocycles. The maximum absolute atomic E-state index is 12.4. The molecule has 0 unspecified atom stereocenters. The molecule has 0 bridgehead atoms. The van der Waals surface area contributed by atoms with E-state index in [0.717, 1.165) is 12.0 Å². The molecule has 0 radical (unpaired) electrons. The van der Waals surface area contributed by atoms with Gasteiger partial charge in [-0.15, -0.1) is 0 Å². The zero-order valence-electron chi connectivity index (χ0n) is 14.8. The van der Waals surface area contributed by atoms with Crippen LogP contribution in [-0.2, 0) is 27.3 Å². The number of amides is 1. The van der Waals surface area contributed by atoms with Crippen molar-refractivity contribution < 1.29 is 19.1 Å². The summed E-state index contributed by atoms with van der Waals surface area (Å²) < 4.78 is 10.5. The summed E-state index contributed by atoms with van der Waals surface area (Å²) in [4.78, 5) is 26.0. The summed E-state index contributed by atoms with van der Waals surface area (Å²) in [6, 6.07) is 18.8. The van der Waals surface area contributed by atoms with Gasteiger partial charge in [-0.1, -0.05) is 60.7 Å². The lowest BCUT2D eigenvalue weighted by atomic mass is 10.1. The van der Waals surface area contributed by atoms with Crippen LogP contribution in [0, 0.1) is 0 Å². The van der Waals surface area contributed by atoms with Crippen molar-refractivity contribution in [1.82, 2.24) is 4.90 Å². The van der Waals surface area contributed by atoms with E-state index in [2.05, 4.69) is 0 Å². The molecule has 0 N–H and O–H groups in total. The van der Waals surface area contributed by atoms with Gasteiger partial charge >= 0.3 is 12.1 Å². The van der Waals surface area contributed by atoms with E-state index in [1.807, 2.05) is 60.7 Å². The fraction of sp³-hybridized carbons (Fsp3) is 0.333. The molecular weight excluding hydrogens is 330 g/mol. The third-order valence-corrected chi connectivity index (χ3v) is 4.45. The smallest absolute Gasteiger partial charge is 0.411 e. The molecule has 2 aromatic carbocycles. The van der Waals surface area contributed by atoms with Gasteiger partial charge in [-0.3, -0.25) is 4.90 Å². The van der Waals surface area contributed by atoms with E-state index in [-0.39, 0.29) is 18.6 Å². The van der Waals surface area contributed by atoms with E-state index in [9.17, 15) is 9.59 Å². The molecule has 3 rings (SSSR count). The van der Waals surface area contributed by atoms with Gasteiger partial charge in [-0.05, 0) is 30.9 Å². The van der Waals surface area contributed by atoms with E-state index in [4.69, 9.17) is 9.47 Å². The summed E-state index contributed by atoms with van der Waals surface area (Å²) in [6.07, 6.45) is 1.03. The predicted molar refractivity (Wildman–Crippen MR) is 97.4 cm³/mol. The Bertz CT molecular complexity index is 732. The molecule has 136 valence electrons. The first kappa shape index (κ1) is 18.0. The third-order valence-electron chi connectivity index (χ3n) is 4.45. The Balaban J connectivity index is 1.58. The van der Waals surface area contributed by atoms with Crippen molar-refractivity contribution in [2.45, 2.75) is 38.5 Å². The highest BCUT2D eigenvalue weighted by atomic mass is 16.6. The molecule has 0 spiro atoms. The summed E-state index contributed by atoms with van der Waals surface area (Å²) in [5.74, 6) is -0.359. The fourth-order valence-corrected chi connectivity index (χ4v) is 3.08. The number of carbonyl (C=O) groups excluding carboxylic acids is 2. The van der Waals surface area contributed by atoms with Crippen LogP contribution in [0.2, 0.25) is 0 Å². The minimum Gasteiger partial charge on any atom is -0.464 e. The summed E-state index contributed by atoms with van der Waals surface area (Å²) in [6.45, 7) is 2.25. The van der Waals surface area contributed by atoms with Gasteiger partial charge in [-0.25, -0.2) is 9.59 Å². The highest BCUT2D eigenvalue weighted by Crippen LogP contribution is 2.34. The minimum atomic E-state index is -0.540. The van der Waals surface area contributed by atoms with Crippen molar-refractivity contribution in [1.29, 1.82) is 0 Å². The first-order valence-electron chi connectivity index (χ1n) is 8.90. The zero-order chi connectivity index (χ0) is 18.4. The second-order valence-corrected chi connectivity index (χ2v) is 6.24. The van der Waals surface area contributed by atoms with Crippen molar-refractivity contribution in [3.8, 4) is 0 Å². The molecule has 2 aromatic rings. The normalized spacial score (nSPS) is 18.3. The van der Waals surface area contributed by atoms with E-state index in [1.165, 1.54) is 10.5 Å². The van der Waals surface area contributed by atoms with Crippen LogP contribution in [-0.4, -0.2) is 35.7 Å². The van der Waals surface area contributed by atoms with Crippen LogP contribution in [0.1, 0.15) is 24.5 Å². The third kappa shape index (κ3) is 4.42. The summed E-state index contributed by atoms with van der Waals surface area (Å²) in [7, 11) is 0. The topological polar surface area (TPSA) is 55.6 Å². The van der Waals surface area contributed by atoms with Gasteiger partial charge in [0.2, 0.25) is 0 Å². The highest BCUT2D eigenvalue weighted by molar-refractivity contribution is 5.88. The van der Waals surface area contributed by atoms with E-state index < -0.39 is 12.1 Å². The lowest BCUT2D eigenvalue weighted by Crippen LogP contribution is -2.21. The van der Waals surface area contributed by atoms with E-state index in [1.54, 1.807) is 6.92 Å². The predicted octanol–water partition coefficient (Wildman–Crippen LogP) is 3.57. The van der Waals surface area contributed by atoms with E-state index >= 15 is 0 Å². The summed E-state index contributed by atoms with van der Waals surface area (Å²) in [5, 5.41) is 0. The Morgan fingerprint density at radius 2 is 1.54 bits per heavy atom. The molecule has 5 heteroatoms. The molecule has 1 amide bonds. The molecular formula is C21H23NO4. The number of aryl methyl sites for hydroxylation is 1. The van der Waals surface area contributed by atoms with Gasteiger partial charge < -0.3 is 9.47 Å². The fourth-order valence-electron chi connectivity index (χ4n) is 3.08. The largest absolute Gasteiger partial charge is 0.464 e. The van der Waals surface area contributed by atoms with Crippen LogP contribution >= 0.6 is 0 Å². The number of esters is 1. The van der Waals surface area contributed by atoms with Crippen molar-refractivity contribution in [3.05, 3.63) is 71.8 Å². The Labute approximate surface area is 153 Å². The number of carbonyl (C=O) groups is 2. The van der Waals surface area contributed by atoms with Gasteiger partial charge in [0.15, 0.2) is 6.04 Å². The molecule has 1 aliphatic heterocycles. The molecule has 0 saturated carbocycles. The molecule has 0 aliphatic carbocycles. The van der Waals surface area contributed by atoms with Crippen LogP contribution in [0.25, 0.3) is 0 Å². The second kappa shape index (κ2) is 8.52. The number of benzene rings is 2. The molecule has 1 fully saturated rings. The van der Waals surface area contributed by atoms with Crippen LogP contribution in [0.3, 0.4) is 0 Å². The average molecular weight is 353 g/mol. The molecule has 2 atom stereocenters. The Kier molecular flexibility index (Phi) is 5.89. The van der Waals surface area contributed by atoms with Gasteiger partial charge in [0.25, 0.3) is 0 Å². The van der Waals surface area contributed by atoms with E-state index in [0.29, 0.717) is 13.0 Å². The molecule has 0 aromatic heterocycles. The number of ether oxygens (including phenoxy) is 2. The van der Waals surface area contributed by atoms with Crippen molar-refractivity contribution in [2.24, 2.45) is 0 Å². The molecule has 26 heavy (non-hydrogen) atoms. The quantitative estimate of drug-likeness (QED) is 0.564. The Morgan fingerprint density at radius 3 is 2.15 bits per heavy atom. The highest BCUT2D eigenvalue weighted by Gasteiger charge is 2.57. The van der Waals surface area contributed by atoms with Crippen molar-refractivity contribution >= 4 is 12.1 Å². The van der Waals surface area contributed by atoms with Gasteiger partial charge in [0.1, 0.15) is 6.61 Å². The summed E-state index contributed by atoms with van der Waals surface area (Å²) in [5.41, 5.74) is 2.09. The Hall–Kier alpha value is -2.82. The van der Waals surface area contributed by atoms with Gasteiger partial charge in [0, 0.05) is 0 Å². The lowest BCUT2D eigenvalue weighted by molar-refractivity contribution is -0.143. The summed E-state index contributed by atoms with van der Waals surface area (Å²) >= 11 is 0. The van der Waals surface area contributed by atoms with Crippen molar-refractivity contribution in [2.75, 3.05) is 6.61 Å². The average Bonchev–Trinajstić information content (AvgIpc) is 3.41.